The summed E-state index contributed by atoms with van der Waals surface area (Å²) in [6.07, 6.45) is -1.78. The molecule has 0 aliphatic rings. The van der Waals surface area contributed by atoms with Crippen LogP contribution in [0.5, 0.6) is 11.5 Å². The highest BCUT2D eigenvalue weighted by molar-refractivity contribution is 5.62. The molecule has 2 aromatic rings. The van der Waals surface area contributed by atoms with E-state index in [0.717, 1.165) is 17.5 Å². The SMILES string of the molecule is CCc1ccccc1OC(=O)O.Cc1ccccc1OC(=O)O. The highest BCUT2D eigenvalue weighted by atomic mass is 16.7. The van der Waals surface area contributed by atoms with E-state index < -0.39 is 12.3 Å². The maximum absolute atomic E-state index is 10.2. The Hall–Kier alpha value is -3.02. The number of hydrogen-bond donors (Lipinski definition) is 2. The lowest BCUT2D eigenvalue weighted by Gasteiger charge is -2.04. The van der Waals surface area contributed by atoms with E-state index in [1.807, 2.05) is 25.1 Å². The Morgan fingerprint density at radius 3 is 1.87 bits per heavy atom. The Balaban J connectivity index is 0.000000231. The monoisotopic (exact) mass is 318 g/mol. The summed E-state index contributed by atoms with van der Waals surface area (Å²) in [5.74, 6) is 0.813. The summed E-state index contributed by atoms with van der Waals surface area (Å²) in [7, 11) is 0. The third kappa shape index (κ3) is 6.52. The third-order valence-corrected chi connectivity index (χ3v) is 2.84. The molecule has 122 valence electrons. The summed E-state index contributed by atoms with van der Waals surface area (Å²) in [4.78, 5) is 20.3. The van der Waals surface area contributed by atoms with Crippen LogP contribution in [-0.4, -0.2) is 22.5 Å². The van der Waals surface area contributed by atoms with Crippen molar-refractivity contribution in [2.75, 3.05) is 0 Å². The number of carboxylic acid groups (broad SMARTS) is 2. The minimum atomic E-state index is -1.28. The van der Waals surface area contributed by atoms with Crippen LogP contribution in [0.3, 0.4) is 0 Å². The lowest BCUT2D eigenvalue weighted by Crippen LogP contribution is -2.04. The van der Waals surface area contributed by atoms with Crippen LogP contribution in [0.25, 0.3) is 0 Å². The van der Waals surface area contributed by atoms with Gasteiger partial charge in [-0.3, -0.25) is 0 Å². The van der Waals surface area contributed by atoms with Crippen molar-refractivity contribution >= 4 is 12.3 Å². The van der Waals surface area contributed by atoms with Crippen LogP contribution in [0.1, 0.15) is 18.1 Å². The molecule has 0 heterocycles. The number of carbonyl (C=O) groups is 2. The molecule has 0 fully saturated rings. The Bertz CT molecular complexity index is 666. The Labute approximate surface area is 133 Å². The largest absolute Gasteiger partial charge is 0.511 e. The summed E-state index contributed by atoms with van der Waals surface area (Å²) in [5.41, 5.74) is 1.72. The van der Waals surface area contributed by atoms with Gasteiger partial charge < -0.3 is 19.7 Å². The zero-order chi connectivity index (χ0) is 17.2. The third-order valence-electron chi connectivity index (χ3n) is 2.84. The van der Waals surface area contributed by atoms with Gasteiger partial charge in [0.15, 0.2) is 0 Å². The van der Waals surface area contributed by atoms with Crippen LogP contribution < -0.4 is 9.47 Å². The first-order valence-electron chi connectivity index (χ1n) is 6.89. The van der Waals surface area contributed by atoms with Gasteiger partial charge in [-0.15, -0.1) is 0 Å². The van der Waals surface area contributed by atoms with Gasteiger partial charge in [-0.25, -0.2) is 9.59 Å². The molecule has 0 saturated carbocycles. The highest BCUT2D eigenvalue weighted by Crippen LogP contribution is 2.18. The summed E-state index contributed by atoms with van der Waals surface area (Å²) >= 11 is 0. The van der Waals surface area contributed by atoms with E-state index >= 15 is 0 Å². The number of para-hydroxylation sites is 2. The van der Waals surface area contributed by atoms with Crippen molar-refractivity contribution in [3.63, 3.8) is 0 Å². The molecular formula is C17H18O6. The summed E-state index contributed by atoms with van der Waals surface area (Å²) in [6.45, 7) is 3.74. The zero-order valence-corrected chi connectivity index (χ0v) is 12.9. The predicted molar refractivity (Wildman–Crippen MR) is 84.3 cm³/mol. The van der Waals surface area contributed by atoms with Crippen LogP contribution in [0.4, 0.5) is 9.59 Å². The van der Waals surface area contributed by atoms with Gasteiger partial charge in [0.2, 0.25) is 0 Å². The fraction of sp³-hybridized carbons (Fsp3) is 0.176. The van der Waals surface area contributed by atoms with E-state index in [0.29, 0.717) is 11.5 Å². The molecule has 0 unspecified atom stereocenters. The topological polar surface area (TPSA) is 93.1 Å². The predicted octanol–water partition coefficient (Wildman–Crippen LogP) is 4.36. The van der Waals surface area contributed by atoms with Crippen LogP contribution in [0.15, 0.2) is 48.5 Å². The quantitative estimate of drug-likeness (QED) is 0.645. The second kappa shape index (κ2) is 9.09. The van der Waals surface area contributed by atoms with Gasteiger partial charge in [0, 0.05) is 0 Å². The second-order valence-electron chi connectivity index (χ2n) is 4.46. The van der Waals surface area contributed by atoms with Crippen molar-refractivity contribution in [1.82, 2.24) is 0 Å². The number of benzene rings is 2. The van der Waals surface area contributed by atoms with Gasteiger partial charge >= 0.3 is 12.3 Å². The summed E-state index contributed by atoms with van der Waals surface area (Å²) in [6, 6.07) is 14.0. The highest BCUT2D eigenvalue weighted by Gasteiger charge is 2.04. The van der Waals surface area contributed by atoms with Gasteiger partial charge in [0.25, 0.3) is 0 Å². The Morgan fingerprint density at radius 2 is 1.35 bits per heavy atom. The molecule has 0 aromatic heterocycles. The van der Waals surface area contributed by atoms with Gasteiger partial charge in [-0.05, 0) is 36.6 Å². The molecule has 0 spiro atoms. The molecule has 0 aliphatic heterocycles. The van der Waals surface area contributed by atoms with Gasteiger partial charge in [-0.2, -0.15) is 0 Å². The van der Waals surface area contributed by atoms with Crippen LogP contribution >= 0.6 is 0 Å². The average molecular weight is 318 g/mol. The van der Waals surface area contributed by atoms with E-state index in [2.05, 4.69) is 9.47 Å². The number of hydrogen-bond acceptors (Lipinski definition) is 4. The molecule has 0 atom stereocenters. The molecule has 0 saturated heterocycles. The minimum Gasteiger partial charge on any atom is -0.449 e. The molecule has 6 nitrogen and oxygen atoms in total. The van der Waals surface area contributed by atoms with Crippen LogP contribution in [-0.2, 0) is 6.42 Å². The first kappa shape index (κ1) is 18.0. The van der Waals surface area contributed by atoms with E-state index in [1.165, 1.54) is 0 Å². The zero-order valence-electron chi connectivity index (χ0n) is 12.9. The lowest BCUT2D eigenvalue weighted by atomic mass is 10.1. The van der Waals surface area contributed by atoms with Crippen LogP contribution in [0, 0.1) is 6.92 Å². The van der Waals surface area contributed by atoms with E-state index in [4.69, 9.17) is 10.2 Å². The molecule has 0 aliphatic carbocycles. The van der Waals surface area contributed by atoms with Crippen LogP contribution in [0.2, 0.25) is 0 Å². The van der Waals surface area contributed by atoms with Gasteiger partial charge in [0.1, 0.15) is 11.5 Å². The Kier molecular flexibility index (Phi) is 7.13. The summed E-state index contributed by atoms with van der Waals surface area (Å²) < 4.78 is 9.01. The molecule has 2 N–H and O–H groups in total. The van der Waals surface area contributed by atoms with Crippen molar-refractivity contribution < 1.29 is 29.3 Å². The number of ether oxygens (including phenoxy) is 2. The van der Waals surface area contributed by atoms with Crippen molar-refractivity contribution in [3.05, 3.63) is 59.7 Å². The van der Waals surface area contributed by atoms with Crippen molar-refractivity contribution in [2.24, 2.45) is 0 Å². The minimum absolute atomic E-state index is 0.389. The molecule has 23 heavy (non-hydrogen) atoms. The molecule has 0 amide bonds. The van der Waals surface area contributed by atoms with Crippen molar-refractivity contribution in [1.29, 1.82) is 0 Å². The summed E-state index contributed by atoms with van der Waals surface area (Å²) in [5, 5.41) is 16.6. The lowest BCUT2D eigenvalue weighted by molar-refractivity contribution is 0.142. The van der Waals surface area contributed by atoms with Crippen molar-refractivity contribution in [3.8, 4) is 11.5 Å². The molecular weight excluding hydrogens is 300 g/mol. The van der Waals surface area contributed by atoms with E-state index in [-0.39, 0.29) is 0 Å². The maximum atomic E-state index is 10.2. The van der Waals surface area contributed by atoms with E-state index in [1.54, 1.807) is 37.3 Å². The number of aryl methyl sites for hydroxylation is 2. The molecule has 2 aromatic carbocycles. The molecule has 0 bridgehead atoms. The molecule has 0 radical (unpaired) electrons. The normalized spacial score (nSPS) is 9.30. The standard InChI is InChI=1S/C9H10O3.C8H8O3/c1-2-7-5-3-4-6-8(7)12-9(10)11;1-6-4-2-3-5-7(6)11-8(9)10/h3-6H,2H2,1H3,(H,10,11);2-5H,1H3,(H,9,10). The average Bonchev–Trinajstić information content (AvgIpc) is 2.50. The second-order valence-corrected chi connectivity index (χ2v) is 4.46. The van der Waals surface area contributed by atoms with E-state index in [9.17, 15) is 9.59 Å². The first-order valence-corrected chi connectivity index (χ1v) is 6.89. The molecule has 2 rings (SSSR count). The fourth-order valence-electron chi connectivity index (χ4n) is 1.75. The Morgan fingerprint density at radius 1 is 0.870 bits per heavy atom. The van der Waals surface area contributed by atoms with Crippen molar-refractivity contribution in [2.45, 2.75) is 20.3 Å². The smallest absolute Gasteiger partial charge is 0.449 e. The first-order chi connectivity index (χ1) is 10.9. The fourth-order valence-corrected chi connectivity index (χ4v) is 1.75. The number of rotatable bonds is 3. The maximum Gasteiger partial charge on any atom is 0.511 e. The molecule has 6 heteroatoms. The van der Waals surface area contributed by atoms with Gasteiger partial charge in [0.05, 0.1) is 0 Å². The van der Waals surface area contributed by atoms with Gasteiger partial charge in [-0.1, -0.05) is 43.3 Å².